The highest BCUT2D eigenvalue weighted by Crippen LogP contribution is 2.27. The molecule has 0 amide bonds. The van der Waals surface area contributed by atoms with Crippen molar-refractivity contribution in [3.05, 3.63) is 29.8 Å². The molecular weight excluding hydrogens is 259 g/mol. The van der Waals surface area contributed by atoms with E-state index in [-0.39, 0.29) is 5.75 Å². The van der Waals surface area contributed by atoms with Crippen molar-refractivity contribution in [2.75, 3.05) is 6.61 Å². The van der Waals surface area contributed by atoms with Crippen LogP contribution in [0.5, 0.6) is 5.75 Å². The highest BCUT2D eigenvalue weighted by atomic mass is 19.4. The Morgan fingerprint density at radius 3 is 2.33 bits per heavy atom. The fourth-order valence-corrected chi connectivity index (χ4v) is 1.11. The van der Waals surface area contributed by atoms with Gasteiger partial charge < -0.3 is 10.5 Å². The minimum Gasteiger partial charge on any atom is -0.492 e. The summed E-state index contributed by atoms with van der Waals surface area (Å²) in [4.78, 5) is 0. The van der Waals surface area contributed by atoms with Crippen LogP contribution in [0.25, 0.3) is 0 Å². The van der Waals surface area contributed by atoms with Gasteiger partial charge in [0.25, 0.3) is 0 Å². The van der Waals surface area contributed by atoms with Gasteiger partial charge in [0.05, 0.1) is 0 Å². The van der Waals surface area contributed by atoms with E-state index in [9.17, 15) is 22.0 Å². The quantitative estimate of drug-likeness (QED) is 0.500. The molecule has 3 N–H and O–H groups in total. The molecule has 0 aliphatic rings. The third-order valence-corrected chi connectivity index (χ3v) is 2.08. The summed E-state index contributed by atoms with van der Waals surface area (Å²) in [6, 6.07) is 2.32. The molecule has 0 aromatic heterocycles. The first-order valence-corrected chi connectivity index (χ1v) is 4.70. The number of rotatable bonds is 4. The van der Waals surface area contributed by atoms with Gasteiger partial charge in [-0.2, -0.15) is 13.2 Å². The van der Waals surface area contributed by atoms with Crippen LogP contribution in [0.15, 0.2) is 18.2 Å². The van der Waals surface area contributed by atoms with Crippen LogP contribution in [-0.4, -0.2) is 18.6 Å². The van der Waals surface area contributed by atoms with E-state index < -0.39 is 36.2 Å². The van der Waals surface area contributed by atoms with Crippen molar-refractivity contribution in [3.8, 4) is 5.75 Å². The van der Waals surface area contributed by atoms with Gasteiger partial charge in [0.2, 0.25) is 0 Å². The second-order valence-electron chi connectivity index (χ2n) is 3.44. The van der Waals surface area contributed by atoms with Crippen LogP contribution < -0.4 is 10.5 Å². The monoisotopic (exact) mass is 268 g/mol. The van der Waals surface area contributed by atoms with E-state index in [1.54, 1.807) is 0 Å². The number of alkyl halides is 3. The normalized spacial score (nSPS) is 13.2. The van der Waals surface area contributed by atoms with Gasteiger partial charge in [0.15, 0.2) is 11.6 Å². The third-order valence-electron chi connectivity index (χ3n) is 2.08. The Labute approximate surface area is 98.9 Å². The lowest BCUT2D eigenvalue weighted by Crippen LogP contribution is -2.39. The highest BCUT2D eigenvalue weighted by Gasteiger charge is 2.42. The van der Waals surface area contributed by atoms with Gasteiger partial charge in [-0.15, -0.1) is 0 Å². The first-order chi connectivity index (χ1) is 8.21. The molecule has 1 unspecified atom stereocenters. The summed E-state index contributed by atoms with van der Waals surface area (Å²) in [7, 11) is 0. The summed E-state index contributed by atoms with van der Waals surface area (Å²) >= 11 is 0. The first kappa shape index (κ1) is 14.2. The molecule has 0 bridgehead atoms. The lowest BCUT2D eigenvalue weighted by atomic mass is 10.1. The average Bonchev–Trinajstić information content (AvgIpc) is 2.21. The molecule has 8 heteroatoms. The van der Waals surface area contributed by atoms with Crippen LogP contribution in [0.3, 0.4) is 0 Å². The van der Waals surface area contributed by atoms with Gasteiger partial charge >= 0.3 is 6.18 Å². The van der Waals surface area contributed by atoms with Crippen molar-refractivity contribution in [1.29, 1.82) is 5.41 Å². The minimum atomic E-state index is -4.73. The lowest BCUT2D eigenvalue weighted by Gasteiger charge is -2.19. The Kier molecular flexibility index (Phi) is 4.10. The zero-order chi connectivity index (χ0) is 13.9. The van der Waals surface area contributed by atoms with E-state index in [1.807, 2.05) is 0 Å². The summed E-state index contributed by atoms with van der Waals surface area (Å²) in [5.74, 6) is -6.04. The SMILES string of the molecule is N=C(N)C(COc1ccc(F)c(F)c1)C(F)(F)F. The summed E-state index contributed by atoms with van der Waals surface area (Å²) in [6.45, 7) is -0.968. The third kappa shape index (κ3) is 3.57. The van der Waals surface area contributed by atoms with Crippen molar-refractivity contribution < 1.29 is 26.7 Å². The Balaban J connectivity index is 2.73. The molecule has 3 nitrogen and oxygen atoms in total. The number of nitrogens with one attached hydrogen (secondary N) is 1. The molecule has 0 aliphatic heterocycles. The highest BCUT2D eigenvalue weighted by molar-refractivity contribution is 5.80. The topological polar surface area (TPSA) is 59.1 Å². The zero-order valence-electron chi connectivity index (χ0n) is 8.89. The van der Waals surface area contributed by atoms with Crippen molar-refractivity contribution >= 4 is 5.84 Å². The Morgan fingerprint density at radius 2 is 1.89 bits per heavy atom. The number of nitrogens with two attached hydrogens (primary N) is 1. The van der Waals surface area contributed by atoms with Gasteiger partial charge in [-0.3, -0.25) is 5.41 Å². The fraction of sp³-hybridized carbons (Fsp3) is 0.300. The Hall–Kier alpha value is -1.86. The molecule has 1 atom stereocenters. The Bertz CT molecular complexity index is 446. The maximum absolute atomic E-state index is 12.8. The first-order valence-electron chi connectivity index (χ1n) is 4.70. The van der Waals surface area contributed by atoms with Crippen LogP contribution in [0.2, 0.25) is 0 Å². The number of halogens is 5. The maximum atomic E-state index is 12.8. The van der Waals surface area contributed by atoms with Gasteiger partial charge in [-0.25, -0.2) is 8.78 Å². The standard InChI is InChI=1S/C10H9F5N2O/c11-7-2-1-5(3-8(7)12)18-4-6(9(16)17)10(13,14)15/h1-3,6H,4H2,(H3,16,17). The van der Waals surface area contributed by atoms with Crippen LogP contribution in [0.4, 0.5) is 22.0 Å². The predicted octanol–water partition coefficient (Wildman–Crippen LogP) is 2.46. The van der Waals surface area contributed by atoms with Gasteiger partial charge in [-0.05, 0) is 12.1 Å². The molecule has 0 fully saturated rings. The molecule has 100 valence electrons. The number of ether oxygens (including phenoxy) is 1. The molecular formula is C10H9F5N2O. The van der Waals surface area contributed by atoms with E-state index in [0.29, 0.717) is 6.07 Å². The smallest absolute Gasteiger partial charge is 0.401 e. The van der Waals surface area contributed by atoms with Crippen molar-refractivity contribution in [2.24, 2.45) is 11.7 Å². The summed E-state index contributed by atoms with van der Waals surface area (Å²) in [5.41, 5.74) is 4.79. The minimum absolute atomic E-state index is 0.274. The fourth-order valence-electron chi connectivity index (χ4n) is 1.11. The van der Waals surface area contributed by atoms with E-state index in [2.05, 4.69) is 4.74 Å². The summed E-state index contributed by atoms with van der Waals surface area (Å²) in [6.07, 6.45) is -4.73. The molecule has 0 heterocycles. The second-order valence-corrected chi connectivity index (χ2v) is 3.44. The van der Waals surface area contributed by atoms with Crippen molar-refractivity contribution in [3.63, 3.8) is 0 Å². The second kappa shape index (κ2) is 5.19. The van der Waals surface area contributed by atoms with Crippen LogP contribution in [0, 0.1) is 23.0 Å². The van der Waals surface area contributed by atoms with Crippen molar-refractivity contribution in [1.82, 2.24) is 0 Å². The van der Waals surface area contributed by atoms with Crippen LogP contribution in [0.1, 0.15) is 0 Å². The van der Waals surface area contributed by atoms with E-state index in [4.69, 9.17) is 11.1 Å². The van der Waals surface area contributed by atoms with E-state index >= 15 is 0 Å². The maximum Gasteiger partial charge on any atom is 0.401 e. The number of amidine groups is 1. The number of benzene rings is 1. The summed E-state index contributed by atoms with van der Waals surface area (Å²) < 4.78 is 67.1. The number of hydrogen-bond acceptors (Lipinski definition) is 2. The molecule has 0 saturated heterocycles. The van der Waals surface area contributed by atoms with Gasteiger partial charge in [0.1, 0.15) is 24.1 Å². The summed E-state index contributed by atoms with van der Waals surface area (Å²) in [5, 5.41) is 6.79. The van der Waals surface area contributed by atoms with Gasteiger partial charge in [0, 0.05) is 6.07 Å². The van der Waals surface area contributed by atoms with Crippen molar-refractivity contribution in [2.45, 2.75) is 6.18 Å². The molecule has 1 rings (SSSR count). The van der Waals surface area contributed by atoms with E-state index in [0.717, 1.165) is 12.1 Å². The number of hydrogen-bond donors (Lipinski definition) is 2. The van der Waals surface area contributed by atoms with Crippen LogP contribution >= 0.6 is 0 Å². The molecule has 0 aliphatic carbocycles. The molecule has 0 saturated carbocycles. The molecule has 0 spiro atoms. The average molecular weight is 268 g/mol. The zero-order valence-corrected chi connectivity index (χ0v) is 8.89. The molecule has 18 heavy (non-hydrogen) atoms. The van der Waals surface area contributed by atoms with Crippen LogP contribution in [-0.2, 0) is 0 Å². The largest absolute Gasteiger partial charge is 0.492 e. The van der Waals surface area contributed by atoms with E-state index in [1.165, 1.54) is 0 Å². The Morgan fingerprint density at radius 1 is 1.28 bits per heavy atom. The van der Waals surface area contributed by atoms with Gasteiger partial charge in [-0.1, -0.05) is 0 Å². The molecule has 1 aromatic carbocycles. The molecule has 1 aromatic rings. The predicted molar refractivity (Wildman–Crippen MR) is 53.3 cm³/mol. The lowest BCUT2D eigenvalue weighted by molar-refractivity contribution is -0.162. The molecule has 0 radical (unpaired) electrons.